The first-order chi connectivity index (χ1) is 13.7. The predicted molar refractivity (Wildman–Crippen MR) is 111 cm³/mol. The van der Waals surface area contributed by atoms with Gasteiger partial charge in [-0.1, -0.05) is 18.2 Å². The van der Waals surface area contributed by atoms with Crippen LogP contribution in [0.15, 0.2) is 71.6 Å². The van der Waals surface area contributed by atoms with Gasteiger partial charge in [0.25, 0.3) is 0 Å². The van der Waals surface area contributed by atoms with Crippen molar-refractivity contribution in [3.8, 4) is 11.5 Å². The fraction of sp³-hybridized carbons (Fsp3) is 0.0952. The van der Waals surface area contributed by atoms with Crippen LogP contribution < -0.4 is 14.8 Å². The summed E-state index contributed by atoms with van der Waals surface area (Å²) in [6.45, 7) is 3.51. The highest BCUT2D eigenvalue weighted by Gasteiger charge is 2.19. The minimum atomic E-state index is -3.97. The molecular weight excluding hydrogens is 392 g/mol. The number of phenolic OH excluding ortho intramolecular Hbond substituents is 1. The molecule has 0 heterocycles. The molecule has 0 radical (unpaired) electrons. The number of carbonyl (C=O) groups excluding carboxylic acids is 1. The van der Waals surface area contributed by atoms with Gasteiger partial charge in [0.05, 0.1) is 0 Å². The third-order valence-electron chi connectivity index (χ3n) is 4.04. The third kappa shape index (κ3) is 5.26. The number of urea groups is 1. The zero-order chi connectivity index (χ0) is 21.0. The number of hydrogen-bond donors (Lipinski definition) is 3. The SMILES string of the molecule is Cc1ccc(C)c(S(=O)(=O)Oc2ccc(NC(=O)Nc3cccc(O)c3)cc2)c1. The maximum absolute atomic E-state index is 12.5. The van der Waals surface area contributed by atoms with Crippen LogP contribution in [0.1, 0.15) is 11.1 Å². The molecule has 0 unspecified atom stereocenters. The lowest BCUT2D eigenvalue weighted by Gasteiger charge is -2.11. The summed E-state index contributed by atoms with van der Waals surface area (Å²) in [7, 11) is -3.97. The first kappa shape index (κ1) is 20.2. The zero-order valence-corrected chi connectivity index (χ0v) is 16.7. The predicted octanol–water partition coefficient (Wildman–Crippen LogP) is 4.42. The number of benzene rings is 3. The molecule has 3 N–H and O–H groups in total. The number of amides is 2. The average molecular weight is 412 g/mol. The molecule has 3 rings (SSSR count). The Hall–Kier alpha value is -3.52. The molecule has 0 bridgehead atoms. The molecule has 0 atom stereocenters. The topological polar surface area (TPSA) is 105 Å². The fourth-order valence-corrected chi connectivity index (χ4v) is 3.87. The number of rotatable bonds is 5. The van der Waals surface area contributed by atoms with Crippen LogP contribution in [0.25, 0.3) is 0 Å². The van der Waals surface area contributed by atoms with E-state index in [1.807, 2.05) is 6.07 Å². The van der Waals surface area contributed by atoms with E-state index in [1.165, 1.54) is 36.4 Å². The van der Waals surface area contributed by atoms with Crippen molar-refractivity contribution in [3.63, 3.8) is 0 Å². The summed E-state index contributed by atoms with van der Waals surface area (Å²) in [6.07, 6.45) is 0. The summed E-state index contributed by atoms with van der Waals surface area (Å²) in [5.41, 5.74) is 2.29. The number of aryl methyl sites for hydroxylation is 2. The van der Waals surface area contributed by atoms with Crippen molar-refractivity contribution in [1.82, 2.24) is 0 Å². The maximum Gasteiger partial charge on any atom is 0.339 e. The third-order valence-corrected chi connectivity index (χ3v) is 5.43. The highest BCUT2D eigenvalue weighted by atomic mass is 32.2. The minimum absolute atomic E-state index is 0.0364. The minimum Gasteiger partial charge on any atom is -0.508 e. The Morgan fingerprint density at radius 1 is 0.897 bits per heavy atom. The highest BCUT2D eigenvalue weighted by Crippen LogP contribution is 2.24. The molecule has 150 valence electrons. The van der Waals surface area contributed by atoms with Gasteiger partial charge < -0.3 is 19.9 Å². The van der Waals surface area contributed by atoms with Gasteiger partial charge in [-0.15, -0.1) is 0 Å². The lowest BCUT2D eigenvalue weighted by atomic mass is 10.2. The normalized spacial score (nSPS) is 11.0. The molecule has 0 aliphatic rings. The van der Waals surface area contributed by atoms with Crippen molar-refractivity contribution in [2.24, 2.45) is 0 Å². The summed E-state index contributed by atoms with van der Waals surface area (Å²) >= 11 is 0. The molecule has 29 heavy (non-hydrogen) atoms. The van der Waals surface area contributed by atoms with Gasteiger partial charge in [0.15, 0.2) is 0 Å². The Balaban J connectivity index is 1.67. The number of carbonyl (C=O) groups is 1. The summed E-state index contributed by atoms with van der Waals surface area (Å²) < 4.78 is 30.3. The van der Waals surface area contributed by atoms with Crippen LogP contribution in [0.4, 0.5) is 16.2 Å². The quantitative estimate of drug-likeness (QED) is 0.538. The van der Waals surface area contributed by atoms with Crippen LogP contribution in [0.2, 0.25) is 0 Å². The standard InChI is InChI=1S/C21H20N2O5S/c1-14-6-7-15(2)20(12-14)29(26,27)28-19-10-8-16(9-11-19)22-21(25)23-17-4-3-5-18(24)13-17/h3-13,24H,1-2H3,(H2,22,23,25). The Kier molecular flexibility index (Phi) is 5.74. The fourth-order valence-electron chi connectivity index (χ4n) is 2.62. The number of hydrogen-bond acceptors (Lipinski definition) is 5. The Morgan fingerprint density at radius 2 is 1.59 bits per heavy atom. The molecule has 0 aromatic heterocycles. The monoisotopic (exact) mass is 412 g/mol. The summed E-state index contributed by atoms with van der Waals surface area (Å²) in [6, 6.07) is 16.7. The van der Waals surface area contributed by atoms with Crippen LogP contribution in [-0.4, -0.2) is 19.6 Å². The van der Waals surface area contributed by atoms with E-state index in [2.05, 4.69) is 10.6 Å². The summed E-state index contributed by atoms with van der Waals surface area (Å²) in [5, 5.41) is 14.6. The number of anilines is 2. The summed E-state index contributed by atoms with van der Waals surface area (Å²) in [5.74, 6) is 0.166. The van der Waals surface area contributed by atoms with E-state index < -0.39 is 16.1 Å². The summed E-state index contributed by atoms with van der Waals surface area (Å²) in [4.78, 5) is 12.1. The van der Waals surface area contributed by atoms with Gasteiger partial charge in [0.1, 0.15) is 16.4 Å². The molecule has 7 nitrogen and oxygen atoms in total. The van der Waals surface area contributed by atoms with Crippen molar-refractivity contribution < 1.29 is 22.5 Å². The van der Waals surface area contributed by atoms with Crippen LogP contribution in [0.5, 0.6) is 11.5 Å². The molecule has 3 aromatic rings. The van der Waals surface area contributed by atoms with Crippen LogP contribution in [0.3, 0.4) is 0 Å². The largest absolute Gasteiger partial charge is 0.508 e. The number of phenols is 1. The van der Waals surface area contributed by atoms with Crippen LogP contribution in [-0.2, 0) is 10.1 Å². The average Bonchev–Trinajstić information content (AvgIpc) is 2.65. The van der Waals surface area contributed by atoms with Crippen molar-refractivity contribution in [2.45, 2.75) is 18.7 Å². The van der Waals surface area contributed by atoms with Gasteiger partial charge in [0, 0.05) is 17.4 Å². The first-order valence-corrected chi connectivity index (χ1v) is 10.1. The van der Waals surface area contributed by atoms with E-state index >= 15 is 0 Å². The lowest BCUT2D eigenvalue weighted by molar-refractivity contribution is 0.262. The van der Waals surface area contributed by atoms with Gasteiger partial charge >= 0.3 is 16.1 Å². The van der Waals surface area contributed by atoms with Gasteiger partial charge in [-0.05, 0) is 67.4 Å². The second-order valence-electron chi connectivity index (χ2n) is 6.46. The molecular formula is C21H20N2O5S. The number of aromatic hydroxyl groups is 1. The molecule has 8 heteroatoms. The second kappa shape index (κ2) is 8.24. The van der Waals surface area contributed by atoms with Gasteiger partial charge in [-0.3, -0.25) is 0 Å². The van der Waals surface area contributed by atoms with Crippen molar-refractivity contribution in [2.75, 3.05) is 10.6 Å². The smallest absolute Gasteiger partial charge is 0.339 e. The number of nitrogens with one attached hydrogen (secondary N) is 2. The van der Waals surface area contributed by atoms with Gasteiger partial charge in [-0.25, -0.2) is 4.79 Å². The van der Waals surface area contributed by atoms with E-state index in [0.29, 0.717) is 16.9 Å². The molecule has 0 saturated carbocycles. The Morgan fingerprint density at radius 3 is 2.28 bits per heavy atom. The Labute approximate surface area is 169 Å². The van der Waals surface area contributed by atoms with Gasteiger partial charge in [0.2, 0.25) is 0 Å². The maximum atomic E-state index is 12.5. The second-order valence-corrected chi connectivity index (χ2v) is 7.97. The van der Waals surface area contributed by atoms with E-state index in [1.54, 1.807) is 38.1 Å². The molecule has 0 aliphatic heterocycles. The molecule has 0 fully saturated rings. The molecule has 2 amide bonds. The zero-order valence-electron chi connectivity index (χ0n) is 15.8. The van der Waals surface area contributed by atoms with E-state index in [-0.39, 0.29) is 16.4 Å². The highest BCUT2D eigenvalue weighted by molar-refractivity contribution is 7.87. The molecule has 3 aromatic carbocycles. The Bertz CT molecular complexity index is 1140. The van der Waals surface area contributed by atoms with Crippen LogP contribution in [0, 0.1) is 13.8 Å². The first-order valence-electron chi connectivity index (χ1n) is 8.72. The van der Waals surface area contributed by atoms with Crippen molar-refractivity contribution in [1.29, 1.82) is 0 Å². The van der Waals surface area contributed by atoms with Gasteiger partial charge in [-0.2, -0.15) is 8.42 Å². The molecule has 0 aliphatic carbocycles. The molecule has 0 saturated heterocycles. The van der Waals surface area contributed by atoms with Crippen LogP contribution >= 0.6 is 0 Å². The van der Waals surface area contributed by atoms with E-state index in [4.69, 9.17) is 4.18 Å². The lowest BCUT2D eigenvalue weighted by Crippen LogP contribution is -2.19. The van der Waals surface area contributed by atoms with Crippen molar-refractivity contribution >= 4 is 27.5 Å². The van der Waals surface area contributed by atoms with E-state index in [0.717, 1.165) is 5.56 Å². The molecule has 0 spiro atoms. The van der Waals surface area contributed by atoms with E-state index in [9.17, 15) is 18.3 Å². The van der Waals surface area contributed by atoms with Crippen molar-refractivity contribution in [3.05, 3.63) is 77.9 Å².